The number of carbonyl (C=O) groups excluding carboxylic acids is 1. The number of carbonyl (C=O) groups is 1. The third-order valence-electron chi connectivity index (χ3n) is 5.69. The molecule has 0 spiro atoms. The van der Waals surface area contributed by atoms with Gasteiger partial charge in [0.1, 0.15) is 5.83 Å². The Hall–Kier alpha value is -3.85. The van der Waals surface area contributed by atoms with Crippen LogP contribution in [-0.2, 0) is 0 Å². The summed E-state index contributed by atoms with van der Waals surface area (Å²) < 4.78 is 13.9. The summed E-state index contributed by atoms with van der Waals surface area (Å²) in [6.07, 6.45) is 11.2. The van der Waals surface area contributed by atoms with Crippen LogP contribution in [0.2, 0.25) is 0 Å². The number of aliphatic hydroxyl groups excluding tert-OH is 1. The molecule has 192 valence electrons. The highest BCUT2D eigenvalue weighted by molar-refractivity contribution is 6.14. The van der Waals surface area contributed by atoms with Crippen LogP contribution in [0.1, 0.15) is 42.6 Å². The minimum Gasteiger partial charge on any atom is -0.395 e. The number of aryl methyl sites for hydroxylation is 1. The first-order valence-corrected chi connectivity index (χ1v) is 11.8. The standard InChI is InChI=1S/C27H35FN6O2/c1-19-4-6-22(7-8-24(28)14-19)23(16-30)18-31-17-21(3)34(12-13-35)27(36)25-15-20(2)5-9-26(25)33-32-11-10-29/h5,7-11,14-16,18,21,29-31,33,35H,4,6,12-13,17H2,1-3H3/b19-14+,22-7+,23-18+,24-8+,29-10?,30-16?,32-11-/t21-/m0/s1. The van der Waals surface area contributed by atoms with Crippen molar-refractivity contribution >= 4 is 30.2 Å². The second-order valence-corrected chi connectivity index (χ2v) is 8.56. The molecular weight excluding hydrogens is 459 g/mol. The van der Waals surface area contributed by atoms with Crippen molar-refractivity contribution in [2.45, 2.75) is 39.7 Å². The molecule has 2 rings (SSSR count). The highest BCUT2D eigenvalue weighted by Crippen LogP contribution is 2.23. The number of amides is 1. The number of nitrogens with zero attached hydrogens (tertiary/aromatic N) is 2. The lowest BCUT2D eigenvalue weighted by molar-refractivity contribution is 0.0652. The highest BCUT2D eigenvalue weighted by atomic mass is 19.1. The summed E-state index contributed by atoms with van der Waals surface area (Å²) in [4.78, 5) is 15.0. The predicted octanol–water partition coefficient (Wildman–Crippen LogP) is 4.51. The van der Waals surface area contributed by atoms with Crippen molar-refractivity contribution in [3.63, 3.8) is 0 Å². The van der Waals surface area contributed by atoms with Crippen molar-refractivity contribution in [2.24, 2.45) is 5.10 Å². The zero-order valence-corrected chi connectivity index (χ0v) is 21.0. The van der Waals surface area contributed by atoms with Gasteiger partial charge in [0.15, 0.2) is 0 Å². The number of hydrogen-bond donors (Lipinski definition) is 5. The normalized spacial score (nSPS) is 19.5. The molecule has 0 saturated heterocycles. The number of aliphatic hydroxyl groups is 1. The van der Waals surface area contributed by atoms with E-state index in [1.165, 1.54) is 24.6 Å². The number of benzene rings is 1. The fourth-order valence-electron chi connectivity index (χ4n) is 3.73. The average Bonchev–Trinajstić information content (AvgIpc) is 2.85. The summed E-state index contributed by atoms with van der Waals surface area (Å²) in [7, 11) is 0. The molecule has 0 aromatic heterocycles. The van der Waals surface area contributed by atoms with Gasteiger partial charge in [-0.25, -0.2) is 4.39 Å². The topological polar surface area (TPSA) is 125 Å². The zero-order chi connectivity index (χ0) is 26.5. The number of allylic oxidation sites excluding steroid dienone is 7. The van der Waals surface area contributed by atoms with E-state index < -0.39 is 0 Å². The Bertz CT molecular complexity index is 1100. The monoisotopic (exact) mass is 494 g/mol. The molecule has 0 fully saturated rings. The number of anilines is 1. The van der Waals surface area contributed by atoms with Gasteiger partial charge in [-0.05, 0) is 63.5 Å². The van der Waals surface area contributed by atoms with Gasteiger partial charge < -0.3 is 26.1 Å². The van der Waals surface area contributed by atoms with Gasteiger partial charge in [0, 0.05) is 43.3 Å². The van der Waals surface area contributed by atoms with E-state index >= 15 is 0 Å². The smallest absolute Gasteiger partial charge is 0.256 e. The molecule has 1 amide bonds. The zero-order valence-electron chi connectivity index (χ0n) is 21.0. The molecule has 1 atom stereocenters. The Morgan fingerprint density at radius 1 is 1.28 bits per heavy atom. The fourth-order valence-corrected chi connectivity index (χ4v) is 3.73. The number of halogens is 1. The minimum atomic E-state index is -0.317. The summed E-state index contributed by atoms with van der Waals surface area (Å²) in [5.74, 6) is -0.584. The van der Waals surface area contributed by atoms with Gasteiger partial charge in [0.25, 0.3) is 5.91 Å². The lowest BCUT2D eigenvalue weighted by Gasteiger charge is -2.29. The third kappa shape index (κ3) is 8.42. The van der Waals surface area contributed by atoms with E-state index in [-0.39, 0.29) is 30.9 Å². The van der Waals surface area contributed by atoms with Gasteiger partial charge in [-0.3, -0.25) is 10.2 Å². The van der Waals surface area contributed by atoms with Crippen molar-refractivity contribution in [1.29, 1.82) is 10.8 Å². The maximum Gasteiger partial charge on any atom is 0.256 e. The number of rotatable bonds is 12. The molecule has 1 aromatic carbocycles. The van der Waals surface area contributed by atoms with Gasteiger partial charge in [-0.1, -0.05) is 23.3 Å². The molecule has 0 heterocycles. The van der Waals surface area contributed by atoms with Crippen LogP contribution in [0, 0.1) is 17.7 Å². The summed E-state index contributed by atoms with van der Waals surface area (Å²) in [5, 5.41) is 31.6. The Labute approximate surface area is 212 Å². The molecule has 1 aliphatic carbocycles. The fraction of sp³-hybridized carbons (Fsp3) is 0.333. The van der Waals surface area contributed by atoms with Crippen LogP contribution in [0.15, 0.2) is 70.3 Å². The lowest BCUT2D eigenvalue weighted by atomic mass is 9.97. The van der Waals surface area contributed by atoms with Crippen LogP contribution in [0.4, 0.5) is 10.1 Å². The Morgan fingerprint density at radius 3 is 2.75 bits per heavy atom. The number of hydrazone groups is 1. The van der Waals surface area contributed by atoms with Crippen LogP contribution in [0.3, 0.4) is 0 Å². The molecule has 0 bridgehead atoms. The first-order chi connectivity index (χ1) is 17.3. The average molecular weight is 495 g/mol. The molecule has 0 saturated carbocycles. The van der Waals surface area contributed by atoms with Crippen molar-refractivity contribution in [2.75, 3.05) is 25.1 Å². The first-order valence-electron chi connectivity index (χ1n) is 11.8. The predicted molar refractivity (Wildman–Crippen MR) is 145 cm³/mol. The van der Waals surface area contributed by atoms with E-state index in [4.69, 9.17) is 10.8 Å². The van der Waals surface area contributed by atoms with Gasteiger partial charge in [0.2, 0.25) is 0 Å². The third-order valence-corrected chi connectivity index (χ3v) is 5.69. The molecule has 8 nitrogen and oxygen atoms in total. The van der Waals surface area contributed by atoms with E-state index in [0.717, 1.165) is 22.9 Å². The number of nitrogens with one attached hydrogen (secondary N) is 4. The molecule has 9 heteroatoms. The van der Waals surface area contributed by atoms with E-state index in [9.17, 15) is 14.3 Å². The molecule has 0 aliphatic heterocycles. The highest BCUT2D eigenvalue weighted by Gasteiger charge is 2.23. The van der Waals surface area contributed by atoms with Crippen molar-refractivity contribution in [3.05, 3.63) is 76.3 Å². The van der Waals surface area contributed by atoms with Gasteiger partial charge >= 0.3 is 0 Å². The molecule has 1 aromatic rings. The van der Waals surface area contributed by atoms with Gasteiger partial charge in [0.05, 0.1) is 24.1 Å². The van der Waals surface area contributed by atoms with Crippen LogP contribution in [0.5, 0.6) is 0 Å². The quantitative estimate of drug-likeness (QED) is 0.217. The van der Waals surface area contributed by atoms with E-state index in [1.807, 2.05) is 26.8 Å². The van der Waals surface area contributed by atoms with E-state index in [0.29, 0.717) is 36.2 Å². The van der Waals surface area contributed by atoms with Crippen LogP contribution in [-0.4, -0.2) is 60.3 Å². The van der Waals surface area contributed by atoms with Gasteiger partial charge in [-0.2, -0.15) is 5.10 Å². The molecular formula is C27H35FN6O2. The second kappa shape index (κ2) is 14.5. The summed E-state index contributed by atoms with van der Waals surface area (Å²) in [6.45, 7) is 5.95. The summed E-state index contributed by atoms with van der Waals surface area (Å²) in [5.41, 5.74) is 7.01. The van der Waals surface area contributed by atoms with Crippen LogP contribution < -0.4 is 10.7 Å². The maximum atomic E-state index is 13.9. The van der Waals surface area contributed by atoms with Crippen molar-refractivity contribution in [1.82, 2.24) is 10.2 Å². The van der Waals surface area contributed by atoms with E-state index in [1.54, 1.807) is 29.3 Å². The van der Waals surface area contributed by atoms with Crippen molar-refractivity contribution < 1.29 is 14.3 Å². The Kier molecular flexibility index (Phi) is 11.5. The summed E-state index contributed by atoms with van der Waals surface area (Å²) in [6, 6.07) is 5.07. The van der Waals surface area contributed by atoms with Crippen LogP contribution in [0.25, 0.3) is 0 Å². The Balaban J connectivity index is 2.18. The molecule has 36 heavy (non-hydrogen) atoms. The minimum absolute atomic E-state index is 0.140. The largest absolute Gasteiger partial charge is 0.395 e. The second-order valence-electron chi connectivity index (χ2n) is 8.56. The molecule has 5 N–H and O–H groups in total. The molecule has 1 aliphatic rings. The number of hydrogen-bond acceptors (Lipinski definition) is 7. The Morgan fingerprint density at radius 2 is 2.06 bits per heavy atom. The molecule has 0 radical (unpaired) electrons. The van der Waals surface area contributed by atoms with Gasteiger partial charge in [-0.15, -0.1) is 0 Å². The van der Waals surface area contributed by atoms with Crippen LogP contribution >= 0.6 is 0 Å². The van der Waals surface area contributed by atoms with E-state index in [2.05, 4.69) is 15.8 Å². The van der Waals surface area contributed by atoms with Crippen molar-refractivity contribution in [3.8, 4) is 0 Å². The lowest BCUT2D eigenvalue weighted by Crippen LogP contribution is -2.45. The first kappa shape index (κ1) is 28.4. The molecule has 0 unspecified atom stereocenters. The maximum absolute atomic E-state index is 13.9. The summed E-state index contributed by atoms with van der Waals surface area (Å²) >= 11 is 0. The SMILES string of the molecule is C\C1=C/C(F)=C\C=C(\C(C=N)=C\NC[C@H](C)N(CCO)C(=O)c2cc(C)ccc2N/N=C\C=N)CC1.